The van der Waals surface area contributed by atoms with Crippen LogP contribution in [-0.2, 0) is 21.2 Å². The molecule has 2 rings (SSSR count). The summed E-state index contributed by atoms with van der Waals surface area (Å²) >= 11 is 0. The van der Waals surface area contributed by atoms with Crippen LogP contribution in [0.5, 0.6) is 0 Å². The van der Waals surface area contributed by atoms with Crippen molar-refractivity contribution < 1.29 is 13.2 Å². The zero-order valence-corrected chi connectivity index (χ0v) is 17.8. The van der Waals surface area contributed by atoms with Gasteiger partial charge in [0.1, 0.15) is 0 Å². The maximum Gasteiger partial charge on any atom is 0.232 e. The van der Waals surface area contributed by atoms with E-state index in [2.05, 4.69) is 30.4 Å². The van der Waals surface area contributed by atoms with Gasteiger partial charge in [-0.25, -0.2) is 8.42 Å². The molecule has 2 aromatic carbocycles. The molecule has 28 heavy (non-hydrogen) atoms. The van der Waals surface area contributed by atoms with Crippen LogP contribution in [-0.4, -0.2) is 33.7 Å². The SMILES string of the molecule is Cc1ccc(N(CCCC(=O)NCCCc2cccc(C)c2)S(C)(=O)=O)cc1. The Bertz CT molecular complexity index is 877. The van der Waals surface area contributed by atoms with Gasteiger partial charge in [0.05, 0.1) is 11.9 Å². The summed E-state index contributed by atoms with van der Waals surface area (Å²) in [6.45, 7) is 4.94. The molecule has 0 radical (unpaired) electrons. The number of carbonyl (C=O) groups is 1. The van der Waals surface area contributed by atoms with E-state index in [0.29, 0.717) is 31.6 Å². The van der Waals surface area contributed by atoms with Crippen molar-refractivity contribution in [1.29, 1.82) is 0 Å². The molecule has 1 amide bonds. The van der Waals surface area contributed by atoms with Gasteiger partial charge in [-0.05, 0) is 50.8 Å². The van der Waals surface area contributed by atoms with Crippen molar-refractivity contribution in [1.82, 2.24) is 5.32 Å². The molecule has 1 N–H and O–H groups in total. The Morgan fingerprint density at radius 3 is 2.36 bits per heavy atom. The summed E-state index contributed by atoms with van der Waals surface area (Å²) in [5.41, 5.74) is 4.22. The lowest BCUT2D eigenvalue weighted by molar-refractivity contribution is -0.121. The van der Waals surface area contributed by atoms with Gasteiger partial charge in [0.15, 0.2) is 0 Å². The number of amides is 1. The third-order valence-electron chi connectivity index (χ3n) is 4.53. The number of rotatable bonds is 10. The number of nitrogens with one attached hydrogen (secondary N) is 1. The average molecular weight is 403 g/mol. The first-order chi connectivity index (χ1) is 13.3. The Morgan fingerprint density at radius 2 is 1.71 bits per heavy atom. The first kappa shape index (κ1) is 22.0. The van der Waals surface area contributed by atoms with Crippen molar-refractivity contribution >= 4 is 21.6 Å². The van der Waals surface area contributed by atoms with Crippen LogP contribution < -0.4 is 9.62 Å². The predicted octanol–water partition coefficient (Wildman–Crippen LogP) is 3.60. The summed E-state index contributed by atoms with van der Waals surface area (Å²) in [6.07, 6.45) is 3.79. The zero-order valence-electron chi connectivity index (χ0n) is 16.9. The first-order valence-electron chi connectivity index (χ1n) is 9.62. The molecule has 0 heterocycles. The molecule has 5 nitrogen and oxygen atoms in total. The van der Waals surface area contributed by atoms with E-state index in [1.165, 1.54) is 21.7 Å². The molecule has 0 aromatic heterocycles. The Hall–Kier alpha value is -2.34. The second-order valence-corrected chi connectivity index (χ2v) is 9.12. The van der Waals surface area contributed by atoms with Gasteiger partial charge in [0, 0.05) is 19.5 Å². The molecule has 0 spiro atoms. The molecule has 6 heteroatoms. The lowest BCUT2D eigenvalue weighted by Crippen LogP contribution is -2.32. The quantitative estimate of drug-likeness (QED) is 0.618. The Balaban J connectivity index is 1.74. The summed E-state index contributed by atoms with van der Waals surface area (Å²) in [6, 6.07) is 15.7. The van der Waals surface area contributed by atoms with E-state index in [4.69, 9.17) is 0 Å². The van der Waals surface area contributed by atoms with Crippen LogP contribution in [0.25, 0.3) is 0 Å². The van der Waals surface area contributed by atoms with Crippen LogP contribution in [0.2, 0.25) is 0 Å². The fourth-order valence-electron chi connectivity index (χ4n) is 3.06. The minimum Gasteiger partial charge on any atom is -0.356 e. The van der Waals surface area contributed by atoms with Gasteiger partial charge in [0.2, 0.25) is 15.9 Å². The second kappa shape index (κ2) is 10.3. The van der Waals surface area contributed by atoms with E-state index < -0.39 is 10.0 Å². The number of benzene rings is 2. The second-order valence-electron chi connectivity index (χ2n) is 7.22. The van der Waals surface area contributed by atoms with Gasteiger partial charge >= 0.3 is 0 Å². The van der Waals surface area contributed by atoms with Crippen LogP contribution in [0, 0.1) is 13.8 Å². The van der Waals surface area contributed by atoms with Gasteiger partial charge in [-0.2, -0.15) is 0 Å². The Morgan fingerprint density at radius 1 is 1.00 bits per heavy atom. The summed E-state index contributed by atoms with van der Waals surface area (Å²) < 4.78 is 25.5. The molecule has 2 aromatic rings. The van der Waals surface area contributed by atoms with Gasteiger partial charge in [0.25, 0.3) is 0 Å². The number of aryl methyl sites for hydroxylation is 3. The van der Waals surface area contributed by atoms with Gasteiger partial charge in [-0.15, -0.1) is 0 Å². The summed E-state index contributed by atoms with van der Waals surface area (Å²) in [7, 11) is -3.38. The number of nitrogens with zero attached hydrogens (tertiary/aromatic N) is 1. The van der Waals surface area contributed by atoms with Gasteiger partial charge in [-0.3, -0.25) is 9.10 Å². The molecule has 0 aliphatic heterocycles. The van der Waals surface area contributed by atoms with E-state index in [9.17, 15) is 13.2 Å². The van der Waals surface area contributed by atoms with Gasteiger partial charge in [-0.1, -0.05) is 47.5 Å². The maximum atomic E-state index is 12.1. The van der Waals surface area contributed by atoms with Crippen molar-refractivity contribution in [2.45, 2.75) is 39.5 Å². The van der Waals surface area contributed by atoms with E-state index in [1.54, 1.807) is 12.1 Å². The molecular weight excluding hydrogens is 372 g/mol. The molecule has 0 bridgehead atoms. The topological polar surface area (TPSA) is 66.5 Å². The largest absolute Gasteiger partial charge is 0.356 e. The standard InChI is InChI=1S/C22H30N2O3S/c1-18-11-13-21(14-12-18)24(28(3,26)27)16-6-10-22(25)23-15-5-9-20-8-4-7-19(2)17-20/h4,7-8,11-14,17H,5-6,9-10,15-16H2,1-3H3,(H,23,25). The fraction of sp³-hybridized carbons (Fsp3) is 0.409. The molecule has 0 unspecified atom stereocenters. The monoisotopic (exact) mass is 402 g/mol. The third kappa shape index (κ3) is 7.35. The molecule has 0 atom stereocenters. The van der Waals surface area contributed by atoms with Crippen molar-refractivity contribution in [3.8, 4) is 0 Å². The maximum absolute atomic E-state index is 12.1. The number of carbonyl (C=O) groups excluding carboxylic acids is 1. The minimum absolute atomic E-state index is 0.0402. The number of hydrogen-bond donors (Lipinski definition) is 1. The van der Waals surface area contributed by atoms with E-state index in [0.717, 1.165) is 18.4 Å². The third-order valence-corrected chi connectivity index (χ3v) is 5.73. The van der Waals surface area contributed by atoms with Crippen LogP contribution in [0.1, 0.15) is 36.0 Å². The van der Waals surface area contributed by atoms with Crippen molar-refractivity contribution in [3.05, 3.63) is 65.2 Å². The highest BCUT2D eigenvalue weighted by atomic mass is 32.2. The Kier molecular flexibility index (Phi) is 8.05. The minimum atomic E-state index is -3.38. The summed E-state index contributed by atoms with van der Waals surface area (Å²) in [5.74, 6) is -0.0402. The lowest BCUT2D eigenvalue weighted by Gasteiger charge is -2.22. The smallest absolute Gasteiger partial charge is 0.232 e. The molecule has 0 aliphatic rings. The van der Waals surface area contributed by atoms with Crippen LogP contribution in [0.15, 0.2) is 48.5 Å². The molecule has 0 fully saturated rings. The number of sulfonamides is 1. The molecule has 0 saturated carbocycles. The highest BCUT2D eigenvalue weighted by molar-refractivity contribution is 7.92. The average Bonchev–Trinajstić information content (AvgIpc) is 2.62. The first-order valence-corrected chi connectivity index (χ1v) is 11.5. The fourth-order valence-corrected chi connectivity index (χ4v) is 4.02. The Labute approximate surface area is 168 Å². The van der Waals surface area contributed by atoms with Crippen LogP contribution in [0.3, 0.4) is 0 Å². The molecule has 0 saturated heterocycles. The van der Waals surface area contributed by atoms with Crippen molar-refractivity contribution in [2.75, 3.05) is 23.7 Å². The summed E-state index contributed by atoms with van der Waals surface area (Å²) in [5, 5.41) is 2.92. The van der Waals surface area contributed by atoms with Crippen LogP contribution in [0.4, 0.5) is 5.69 Å². The predicted molar refractivity (Wildman–Crippen MR) is 115 cm³/mol. The normalized spacial score (nSPS) is 11.2. The molecule has 152 valence electrons. The van der Waals surface area contributed by atoms with Crippen molar-refractivity contribution in [3.63, 3.8) is 0 Å². The highest BCUT2D eigenvalue weighted by Crippen LogP contribution is 2.18. The lowest BCUT2D eigenvalue weighted by atomic mass is 10.1. The van der Waals surface area contributed by atoms with E-state index in [-0.39, 0.29) is 5.91 Å². The molecule has 0 aliphatic carbocycles. The highest BCUT2D eigenvalue weighted by Gasteiger charge is 2.17. The van der Waals surface area contributed by atoms with Gasteiger partial charge < -0.3 is 5.32 Å². The zero-order chi connectivity index (χ0) is 20.6. The van der Waals surface area contributed by atoms with E-state index in [1.807, 2.05) is 25.1 Å². The number of hydrogen-bond acceptors (Lipinski definition) is 3. The summed E-state index contributed by atoms with van der Waals surface area (Å²) in [4.78, 5) is 12.0. The van der Waals surface area contributed by atoms with Crippen molar-refractivity contribution in [2.24, 2.45) is 0 Å². The van der Waals surface area contributed by atoms with Crippen LogP contribution >= 0.6 is 0 Å². The van der Waals surface area contributed by atoms with E-state index >= 15 is 0 Å². The number of anilines is 1. The molecular formula is C22H30N2O3S.